The molecule has 0 bridgehead atoms. The van der Waals surface area contributed by atoms with Gasteiger partial charge >= 0.3 is 11.3 Å². The molecule has 3 aromatic rings. The molecule has 0 amide bonds. The number of fused-ring (bicyclic) bond motifs is 1. The van der Waals surface area contributed by atoms with Crippen LogP contribution in [0.2, 0.25) is 0 Å². The highest BCUT2D eigenvalue weighted by atomic mass is 16.7. The predicted octanol–water partition coefficient (Wildman–Crippen LogP) is -2.14. The zero-order valence-corrected chi connectivity index (χ0v) is 22.1. The summed E-state index contributed by atoms with van der Waals surface area (Å²) in [4.78, 5) is 0. The molecule has 3 heterocycles. The van der Waals surface area contributed by atoms with E-state index < -0.39 is 91.9 Å². The average molecular weight is 612 g/mol. The Bertz CT molecular complexity index is 1450. The van der Waals surface area contributed by atoms with Gasteiger partial charge in [-0.1, -0.05) is 0 Å². The van der Waals surface area contributed by atoms with Crippen LogP contribution in [-0.2, 0) is 9.47 Å². The van der Waals surface area contributed by atoms with Crippen molar-refractivity contribution in [1.82, 2.24) is 0 Å². The van der Waals surface area contributed by atoms with Crippen molar-refractivity contribution in [3.05, 3.63) is 36.4 Å². The second-order valence-corrected chi connectivity index (χ2v) is 10.1. The molecule has 2 unspecified atom stereocenters. The van der Waals surface area contributed by atoms with E-state index >= 15 is 0 Å². The van der Waals surface area contributed by atoms with Crippen LogP contribution in [-0.4, -0.2) is 131 Å². The van der Waals surface area contributed by atoms with E-state index in [1.54, 1.807) is 0 Å². The number of ether oxygens (including phenoxy) is 4. The molecule has 2 aliphatic rings. The van der Waals surface area contributed by atoms with Gasteiger partial charge in [-0.3, -0.25) is 0 Å². The van der Waals surface area contributed by atoms with Crippen LogP contribution in [0.3, 0.4) is 0 Å². The van der Waals surface area contributed by atoms with Crippen LogP contribution in [0.15, 0.2) is 40.8 Å². The molecule has 234 valence electrons. The second-order valence-electron chi connectivity index (χ2n) is 10.1. The van der Waals surface area contributed by atoms with Gasteiger partial charge in [-0.2, -0.15) is 0 Å². The Balaban J connectivity index is 1.55. The first kappa shape index (κ1) is 30.9. The summed E-state index contributed by atoms with van der Waals surface area (Å²) >= 11 is 0. The fourth-order valence-corrected chi connectivity index (χ4v) is 4.78. The minimum atomic E-state index is -1.79. The summed E-state index contributed by atoms with van der Waals surface area (Å²) in [6, 6.07) is 7.23. The summed E-state index contributed by atoms with van der Waals surface area (Å²) in [6.07, 6.45) is -16.0. The Hall–Kier alpha value is -3.55. The number of aromatic hydroxyl groups is 3. The first-order valence-electron chi connectivity index (χ1n) is 13.0. The minimum absolute atomic E-state index is 0.00694. The molecular formula is C27H31O16+. The number of aliphatic hydroxyl groups is 8. The quantitative estimate of drug-likeness (QED) is 0.100. The van der Waals surface area contributed by atoms with Crippen molar-refractivity contribution in [2.45, 2.75) is 61.4 Å². The normalized spacial score (nSPS) is 32.9. The largest absolute Gasteiger partial charge is 0.507 e. The summed E-state index contributed by atoms with van der Waals surface area (Å²) in [7, 11) is 0. The Morgan fingerprint density at radius 3 is 1.77 bits per heavy atom. The van der Waals surface area contributed by atoms with E-state index in [1.807, 2.05) is 0 Å². The molecule has 2 aromatic carbocycles. The van der Waals surface area contributed by atoms with Crippen molar-refractivity contribution in [2.75, 3.05) is 13.2 Å². The number of benzene rings is 2. The maximum Gasteiger partial charge on any atom is 0.402 e. The van der Waals surface area contributed by atoms with E-state index in [0.717, 1.165) is 18.2 Å². The number of hydrogen-bond donors (Lipinski definition) is 11. The summed E-state index contributed by atoms with van der Waals surface area (Å²) in [5.74, 6) is -1.94. The van der Waals surface area contributed by atoms with E-state index in [-0.39, 0.29) is 33.8 Å². The molecule has 16 heteroatoms. The molecule has 0 spiro atoms. The fraction of sp³-hybridized carbons (Fsp3) is 0.444. The standard InChI is InChI=1S/C27H30O16/c28-7-17-19(33)21(35)23(37)26(42-17)39-10-4-13(31)11-6-16(41-27-24(38)22(36)20(34)18(8-29)43-27)25(40-15(11)5-10)9-1-2-12(30)14(32)3-9/h1-6,17-24,26-29,33-38H,7-8H2,(H2-,30,31,32)/p+1/t17-,18-,19-,20-,21+,22+,23-,24-,26?,27?/m1/s1. The van der Waals surface area contributed by atoms with Gasteiger partial charge < -0.3 is 75.1 Å². The maximum absolute atomic E-state index is 10.8. The molecule has 16 nitrogen and oxygen atoms in total. The van der Waals surface area contributed by atoms with Gasteiger partial charge in [0.05, 0.1) is 24.8 Å². The van der Waals surface area contributed by atoms with Crippen molar-refractivity contribution in [1.29, 1.82) is 0 Å². The molecule has 43 heavy (non-hydrogen) atoms. The molecular weight excluding hydrogens is 580 g/mol. The Morgan fingerprint density at radius 1 is 0.628 bits per heavy atom. The first-order chi connectivity index (χ1) is 20.4. The lowest BCUT2D eigenvalue weighted by Gasteiger charge is -2.39. The summed E-state index contributed by atoms with van der Waals surface area (Å²) in [6.45, 7) is -1.41. The third kappa shape index (κ3) is 5.85. The number of phenolic OH excluding ortho intramolecular Hbond substituents is 3. The van der Waals surface area contributed by atoms with E-state index in [9.17, 15) is 56.2 Å². The Morgan fingerprint density at radius 2 is 1.21 bits per heavy atom. The smallest absolute Gasteiger partial charge is 0.402 e. The Kier molecular flexibility index (Phi) is 8.77. The molecule has 10 atom stereocenters. The molecule has 0 aliphatic carbocycles. The fourth-order valence-electron chi connectivity index (χ4n) is 4.78. The van der Waals surface area contributed by atoms with Crippen LogP contribution in [0.25, 0.3) is 22.3 Å². The van der Waals surface area contributed by atoms with Crippen LogP contribution in [0.5, 0.6) is 28.7 Å². The van der Waals surface area contributed by atoms with Gasteiger partial charge in [0.25, 0.3) is 0 Å². The van der Waals surface area contributed by atoms with Crippen LogP contribution >= 0.6 is 0 Å². The maximum atomic E-state index is 10.8. The van der Waals surface area contributed by atoms with E-state index in [1.165, 1.54) is 18.2 Å². The van der Waals surface area contributed by atoms with Crippen molar-refractivity contribution >= 4 is 11.0 Å². The van der Waals surface area contributed by atoms with E-state index in [4.69, 9.17) is 23.4 Å². The van der Waals surface area contributed by atoms with Gasteiger partial charge in [-0.05, 0) is 12.1 Å². The van der Waals surface area contributed by atoms with Crippen molar-refractivity contribution in [3.63, 3.8) is 0 Å². The highest BCUT2D eigenvalue weighted by Crippen LogP contribution is 2.42. The van der Waals surface area contributed by atoms with Crippen LogP contribution in [0, 0.1) is 0 Å². The zero-order chi connectivity index (χ0) is 31.2. The zero-order valence-electron chi connectivity index (χ0n) is 22.1. The second kappa shape index (κ2) is 12.2. The highest BCUT2D eigenvalue weighted by Gasteiger charge is 2.46. The molecule has 2 aliphatic heterocycles. The van der Waals surface area contributed by atoms with E-state index in [0.29, 0.717) is 0 Å². The first-order valence-corrected chi connectivity index (χ1v) is 13.0. The van der Waals surface area contributed by atoms with Crippen molar-refractivity contribution < 1.29 is 79.5 Å². The van der Waals surface area contributed by atoms with Gasteiger partial charge in [-0.25, -0.2) is 4.42 Å². The number of phenols is 3. The lowest BCUT2D eigenvalue weighted by atomic mass is 9.99. The molecule has 11 N–H and O–H groups in total. The number of aliphatic hydroxyl groups excluding tert-OH is 8. The summed E-state index contributed by atoms with van der Waals surface area (Å²) in [5, 5.41) is 111. The van der Waals surface area contributed by atoms with Gasteiger partial charge in [-0.15, -0.1) is 0 Å². The molecule has 5 rings (SSSR count). The molecule has 2 saturated heterocycles. The van der Waals surface area contributed by atoms with Crippen LogP contribution in [0.4, 0.5) is 0 Å². The third-order valence-corrected chi connectivity index (χ3v) is 7.23. The molecule has 0 saturated carbocycles. The van der Waals surface area contributed by atoms with Crippen molar-refractivity contribution in [3.8, 4) is 40.1 Å². The summed E-state index contributed by atoms with van der Waals surface area (Å²) < 4.78 is 28.1. The minimum Gasteiger partial charge on any atom is -0.507 e. The van der Waals surface area contributed by atoms with Gasteiger partial charge in [0.1, 0.15) is 65.7 Å². The Labute approximate surface area is 242 Å². The third-order valence-electron chi connectivity index (χ3n) is 7.23. The number of rotatable bonds is 7. The van der Waals surface area contributed by atoms with Gasteiger partial charge in [0.15, 0.2) is 11.5 Å². The topological polar surface area (TPSA) is 271 Å². The van der Waals surface area contributed by atoms with Crippen molar-refractivity contribution in [2.24, 2.45) is 0 Å². The van der Waals surface area contributed by atoms with Crippen LogP contribution in [0.1, 0.15) is 0 Å². The average Bonchev–Trinajstić information content (AvgIpc) is 2.99. The number of hydrogen-bond acceptors (Lipinski definition) is 15. The molecule has 1 aromatic heterocycles. The SMILES string of the molecule is OC[C@H]1OC(Oc2cc(O)c3cc(OC4O[C@H](CO)[C@@H](O)[C@H](O)[C@H]4O)c(-c4ccc(O)c(O)c4)[o+]c3c2)[C@H](O)[C@@H](O)[C@@H]1O. The summed E-state index contributed by atoms with van der Waals surface area (Å²) in [5.41, 5.74) is 0.0554. The monoisotopic (exact) mass is 611 g/mol. The molecule has 2 fully saturated rings. The van der Waals surface area contributed by atoms with E-state index in [2.05, 4.69) is 0 Å². The van der Waals surface area contributed by atoms with Crippen LogP contribution < -0.4 is 9.47 Å². The molecule has 0 radical (unpaired) electrons. The van der Waals surface area contributed by atoms with Gasteiger partial charge in [0.2, 0.25) is 18.3 Å². The highest BCUT2D eigenvalue weighted by molar-refractivity contribution is 5.88. The van der Waals surface area contributed by atoms with Gasteiger partial charge in [0, 0.05) is 18.2 Å². The lowest BCUT2D eigenvalue weighted by molar-refractivity contribution is -0.277. The predicted molar refractivity (Wildman–Crippen MR) is 140 cm³/mol. The lowest BCUT2D eigenvalue weighted by Crippen LogP contribution is -2.60.